The lowest BCUT2D eigenvalue weighted by Gasteiger charge is -2.39. The highest BCUT2D eigenvalue weighted by Crippen LogP contribution is 2.37. The second-order valence-corrected chi connectivity index (χ2v) is 6.92. The first-order valence-electron chi connectivity index (χ1n) is 5.42. The smallest absolute Gasteiger partial charge is 0.0789 e. The minimum absolute atomic E-state index is 0.268. The summed E-state index contributed by atoms with van der Waals surface area (Å²) in [5.74, 6) is 1.12. The number of nitrogen functional groups attached to an aromatic ring is 1. The van der Waals surface area contributed by atoms with Crippen molar-refractivity contribution in [1.82, 2.24) is 0 Å². The minimum atomic E-state index is 0.268. The highest BCUT2D eigenvalue weighted by molar-refractivity contribution is 8.00. The van der Waals surface area contributed by atoms with Gasteiger partial charge in [-0.05, 0) is 26.0 Å². The van der Waals surface area contributed by atoms with Gasteiger partial charge in [-0.3, -0.25) is 0 Å². The largest absolute Gasteiger partial charge is 0.397 e. The molecule has 0 saturated carbocycles. The van der Waals surface area contributed by atoms with Gasteiger partial charge in [0.25, 0.3) is 0 Å². The van der Waals surface area contributed by atoms with E-state index in [2.05, 4.69) is 18.7 Å². The fourth-order valence-corrected chi connectivity index (χ4v) is 3.49. The predicted octanol–water partition coefficient (Wildman–Crippen LogP) is 3.25. The average molecular weight is 257 g/mol. The SMILES string of the molecule is CC1(C)CN(c2c(N)cccc2Cl)CCS1. The zero-order valence-corrected chi connectivity index (χ0v) is 11.2. The van der Waals surface area contributed by atoms with E-state index in [1.54, 1.807) is 0 Å². The molecule has 0 radical (unpaired) electrons. The summed E-state index contributed by atoms with van der Waals surface area (Å²) in [6, 6.07) is 5.71. The van der Waals surface area contributed by atoms with E-state index in [4.69, 9.17) is 17.3 Å². The summed E-state index contributed by atoms with van der Waals surface area (Å²) >= 11 is 8.23. The zero-order chi connectivity index (χ0) is 11.8. The van der Waals surface area contributed by atoms with Crippen molar-refractivity contribution in [3.8, 4) is 0 Å². The Bertz CT molecular complexity index is 372. The Morgan fingerprint density at radius 3 is 2.81 bits per heavy atom. The van der Waals surface area contributed by atoms with Crippen LogP contribution in [0.25, 0.3) is 0 Å². The van der Waals surface area contributed by atoms with Gasteiger partial charge in [-0.1, -0.05) is 17.7 Å². The molecule has 1 heterocycles. The lowest BCUT2D eigenvalue weighted by atomic mass is 10.1. The molecular formula is C12H17ClN2S. The monoisotopic (exact) mass is 256 g/mol. The molecule has 0 bridgehead atoms. The molecule has 1 aromatic carbocycles. The van der Waals surface area contributed by atoms with E-state index in [9.17, 15) is 0 Å². The summed E-state index contributed by atoms with van der Waals surface area (Å²) in [4.78, 5) is 2.30. The highest BCUT2D eigenvalue weighted by Gasteiger charge is 2.28. The lowest BCUT2D eigenvalue weighted by Crippen LogP contribution is -2.43. The lowest BCUT2D eigenvalue weighted by molar-refractivity contribution is 0.648. The molecule has 2 rings (SSSR count). The molecule has 1 saturated heterocycles. The topological polar surface area (TPSA) is 29.3 Å². The highest BCUT2D eigenvalue weighted by atomic mass is 35.5. The molecule has 0 unspecified atom stereocenters. The van der Waals surface area contributed by atoms with E-state index in [1.165, 1.54) is 0 Å². The van der Waals surface area contributed by atoms with Crippen LogP contribution in [0, 0.1) is 0 Å². The van der Waals surface area contributed by atoms with Gasteiger partial charge in [0, 0.05) is 23.6 Å². The standard InChI is InChI=1S/C12H17ClN2S/c1-12(2)8-15(6-7-16-12)11-9(13)4-3-5-10(11)14/h3-5H,6-8,14H2,1-2H3. The van der Waals surface area contributed by atoms with E-state index in [0.717, 1.165) is 35.2 Å². The third-order valence-corrected chi connectivity index (χ3v) is 4.36. The Balaban J connectivity index is 2.30. The molecule has 0 aromatic heterocycles. The Labute approximate surface area is 106 Å². The Kier molecular flexibility index (Phi) is 3.27. The van der Waals surface area contributed by atoms with Crippen molar-refractivity contribution in [2.24, 2.45) is 0 Å². The number of nitrogens with zero attached hydrogens (tertiary/aromatic N) is 1. The van der Waals surface area contributed by atoms with Gasteiger partial charge in [-0.2, -0.15) is 11.8 Å². The number of nitrogens with two attached hydrogens (primary N) is 1. The maximum atomic E-state index is 6.23. The maximum absolute atomic E-state index is 6.23. The number of hydrogen-bond acceptors (Lipinski definition) is 3. The van der Waals surface area contributed by atoms with Crippen molar-refractivity contribution < 1.29 is 0 Å². The van der Waals surface area contributed by atoms with Crippen LogP contribution in [0.1, 0.15) is 13.8 Å². The third-order valence-electron chi connectivity index (χ3n) is 2.76. The molecule has 4 heteroatoms. The first-order valence-corrected chi connectivity index (χ1v) is 6.79. The summed E-state index contributed by atoms with van der Waals surface area (Å²) in [6.45, 7) is 6.53. The van der Waals surface area contributed by atoms with Gasteiger partial charge in [0.2, 0.25) is 0 Å². The molecule has 0 spiro atoms. The summed E-state index contributed by atoms with van der Waals surface area (Å²) in [5, 5.41) is 0.753. The first-order chi connectivity index (χ1) is 7.49. The van der Waals surface area contributed by atoms with Gasteiger partial charge >= 0.3 is 0 Å². The molecule has 1 aliphatic rings. The van der Waals surface area contributed by atoms with Crippen molar-refractivity contribution in [3.05, 3.63) is 23.2 Å². The Hall–Kier alpha value is -0.540. The molecule has 2 N–H and O–H groups in total. The fourth-order valence-electron chi connectivity index (χ4n) is 2.07. The van der Waals surface area contributed by atoms with Crippen LogP contribution in [-0.2, 0) is 0 Å². The van der Waals surface area contributed by atoms with Crippen molar-refractivity contribution in [2.45, 2.75) is 18.6 Å². The second kappa shape index (κ2) is 4.38. The summed E-state index contributed by atoms with van der Waals surface area (Å²) in [7, 11) is 0. The molecule has 1 aromatic rings. The van der Waals surface area contributed by atoms with Crippen LogP contribution in [0.4, 0.5) is 11.4 Å². The van der Waals surface area contributed by atoms with Gasteiger partial charge in [-0.15, -0.1) is 0 Å². The van der Waals surface area contributed by atoms with E-state index in [0.29, 0.717) is 0 Å². The molecule has 2 nitrogen and oxygen atoms in total. The molecule has 0 aliphatic carbocycles. The zero-order valence-electron chi connectivity index (χ0n) is 9.66. The van der Waals surface area contributed by atoms with E-state index < -0.39 is 0 Å². The van der Waals surface area contributed by atoms with Crippen molar-refractivity contribution >= 4 is 34.7 Å². The van der Waals surface area contributed by atoms with Crippen molar-refractivity contribution in [2.75, 3.05) is 29.5 Å². The summed E-state index contributed by atoms with van der Waals surface area (Å²) in [6.07, 6.45) is 0. The Morgan fingerprint density at radius 2 is 2.19 bits per heavy atom. The number of thioether (sulfide) groups is 1. The number of para-hydroxylation sites is 1. The van der Waals surface area contributed by atoms with Crippen LogP contribution >= 0.6 is 23.4 Å². The third kappa shape index (κ3) is 2.41. The second-order valence-electron chi connectivity index (χ2n) is 4.71. The van der Waals surface area contributed by atoms with Crippen LogP contribution in [-0.4, -0.2) is 23.6 Å². The van der Waals surface area contributed by atoms with Gasteiger partial charge in [-0.25, -0.2) is 0 Å². The quantitative estimate of drug-likeness (QED) is 0.782. The van der Waals surface area contributed by atoms with E-state index >= 15 is 0 Å². The average Bonchev–Trinajstić information content (AvgIpc) is 2.15. The van der Waals surface area contributed by atoms with E-state index in [1.807, 2.05) is 30.0 Å². The van der Waals surface area contributed by atoms with Crippen LogP contribution in [0.5, 0.6) is 0 Å². The van der Waals surface area contributed by atoms with Gasteiger partial charge < -0.3 is 10.6 Å². The molecule has 1 fully saturated rings. The van der Waals surface area contributed by atoms with Gasteiger partial charge in [0.1, 0.15) is 0 Å². The summed E-state index contributed by atoms with van der Waals surface area (Å²) in [5.41, 5.74) is 7.78. The van der Waals surface area contributed by atoms with Gasteiger partial charge in [0.15, 0.2) is 0 Å². The number of hydrogen-bond donors (Lipinski definition) is 1. The molecule has 0 amide bonds. The number of rotatable bonds is 1. The summed E-state index contributed by atoms with van der Waals surface area (Å²) < 4.78 is 0.268. The fraction of sp³-hybridized carbons (Fsp3) is 0.500. The molecule has 1 aliphatic heterocycles. The van der Waals surface area contributed by atoms with Crippen molar-refractivity contribution in [3.63, 3.8) is 0 Å². The molecule has 88 valence electrons. The molecule has 0 atom stereocenters. The Morgan fingerprint density at radius 1 is 1.44 bits per heavy atom. The van der Waals surface area contributed by atoms with Crippen LogP contribution < -0.4 is 10.6 Å². The van der Waals surface area contributed by atoms with Crippen LogP contribution in [0.2, 0.25) is 5.02 Å². The maximum Gasteiger partial charge on any atom is 0.0789 e. The van der Waals surface area contributed by atoms with E-state index in [-0.39, 0.29) is 4.75 Å². The molecule has 16 heavy (non-hydrogen) atoms. The predicted molar refractivity (Wildman–Crippen MR) is 74.6 cm³/mol. The van der Waals surface area contributed by atoms with Crippen molar-refractivity contribution in [1.29, 1.82) is 0 Å². The number of anilines is 2. The minimum Gasteiger partial charge on any atom is -0.397 e. The van der Waals surface area contributed by atoms with Gasteiger partial charge in [0.05, 0.1) is 16.4 Å². The number of benzene rings is 1. The molecular weight excluding hydrogens is 240 g/mol. The van der Waals surface area contributed by atoms with Crippen LogP contribution in [0.15, 0.2) is 18.2 Å². The van der Waals surface area contributed by atoms with Crippen LogP contribution in [0.3, 0.4) is 0 Å². The normalized spacial score (nSPS) is 19.8. The number of halogens is 1. The first kappa shape index (κ1) is 11.9.